The van der Waals surface area contributed by atoms with Gasteiger partial charge in [0, 0.05) is 0 Å². The minimum atomic E-state index is -0.964. The van der Waals surface area contributed by atoms with Crippen LogP contribution in [0.15, 0.2) is 47.4 Å². The van der Waals surface area contributed by atoms with E-state index in [1.54, 1.807) is 31.2 Å². The van der Waals surface area contributed by atoms with E-state index >= 15 is 0 Å². The summed E-state index contributed by atoms with van der Waals surface area (Å²) >= 11 is 0.815. The molecule has 0 radical (unpaired) electrons. The fraction of sp³-hybridized carbons (Fsp3) is 0.190. The Kier molecular flexibility index (Phi) is 6.63. The van der Waals surface area contributed by atoms with Crippen LogP contribution in [0.2, 0.25) is 0 Å². The summed E-state index contributed by atoms with van der Waals surface area (Å²) in [5.74, 6) is -0.582. The molecule has 1 heterocycles. The van der Waals surface area contributed by atoms with Crippen LogP contribution >= 0.6 is 11.8 Å². The number of rotatable bonds is 8. The van der Waals surface area contributed by atoms with Gasteiger partial charge in [0.15, 0.2) is 11.5 Å². The number of carboxylic acid groups (broad SMARTS) is 1. The third-order valence-corrected chi connectivity index (χ3v) is 4.91. The molecule has 0 unspecified atom stereocenters. The fourth-order valence-corrected chi connectivity index (χ4v) is 3.54. The van der Waals surface area contributed by atoms with E-state index in [2.05, 4.69) is 0 Å². The van der Waals surface area contributed by atoms with Crippen molar-refractivity contribution >= 4 is 40.6 Å². The molecule has 0 aliphatic carbocycles. The van der Waals surface area contributed by atoms with Crippen molar-refractivity contribution in [2.75, 3.05) is 18.1 Å². The summed E-state index contributed by atoms with van der Waals surface area (Å²) in [5, 5.41) is 17.7. The molecule has 2 aromatic rings. The summed E-state index contributed by atoms with van der Waals surface area (Å²) in [6.07, 6.45) is 1.44. The molecule has 30 heavy (non-hydrogen) atoms. The number of nitrogens with zero attached hydrogens (tertiary/aromatic N) is 1. The number of anilines is 1. The van der Waals surface area contributed by atoms with Crippen molar-refractivity contribution < 1.29 is 34.1 Å². The van der Waals surface area contributed by atoms with Gasteiger partial charge in [-0.2, -0.15) is 0 Å². The van der Waals surface area contributed by atoms with Crippen molar-refractivity contribution in [2.24, 2.45) is 0 Å². The maximum atomic E-state index is 12.7. The summed E-state index contributed by atoms with van der Waals surface area (Å²) in [7, 11) is 0. The maximum Gasteiger partial charge on any atom is 0.306 e. The average Bonchev–Trinajstić information content (AvgIpc) is 2.97. The van der Waals surface area contributed by atoms with E-state index in [0.717, 1.165) is 16.7 Å². The zero-order valence-corrected chi connectivity index (χ0v) is 16.8. The lowest BCUT2D eigenvalue weighted by Gasteiger charge is -2.13. The number of phenolic OH excluding ortho intramolecular Hbond substituents is 1. The second kappa shape index (κ2) is 9.36. The number of carboxylic acids is 1. The number of hydrogen-bond donors (Lipinski definition) is 2. The van der Waals surface area contributed by atoms with Crippen LogP contribution in [0.5, 0.6) is 17.2 Å². The van der Waals surface area contributed by atoms with Gasteiger partial charge in [-0.25, -0.2) is 4.90 Å². The SMILES string of the molecule is CCOc1cc(/C=C2/SC(=O)N(c3ccc(O)cc3)C2=O)ccc1OCCC(=O)O. The zero-order valence-electron chi connectivity index (χ0n) is 16.0. The highest BCUT2D eigenvalue weighted by Gasteiger charge is 2.36. The number of aromatic hydroxyl groups is 1. The van der Waals surface area contributed by atoms with Gasteiger partial charge in [-0.05, 0) is 66.7 Å². The smallest absolute Gasteiger partial charge is 0.306 e. The number of hydrogen-bond acceptors (Lipinski definition) is 7. The molecule has 0 bridgehead atoms. The number of benzene rings is 2. The molecule has 8 nitrogen and oxygen atoms in total. The lowest BCUT2D eigenvalue weighted by Crippen LogP contribution is -2.27. The van der Waals surface area contributed by atoms with E-state index in [1.165, 1.54) is 24.3 Å². The Morgan fingerprint density at radius 1 is 1.10 bits per heavy atom. The Morgan fingerprint density at radius 2 is 1.83 bits per heavy atom. The lowest BCUT2D eigenvalue weighted by atomic mass is 10.1. The summed E-state index contributed by atoms with van der Waals surface area (Å²) in [6.45, 7) is 2.17. The molecule has 3 rings (SSSR count). The average molecular weight is 429 g/mol. The molecule has 0 spiro atoms. The van der Waals surface area contributed by atoms with Gasteiger partial charge >= 0.3 is 5.97 Å². The quantitative estimate of drug-likeness (QED) is 0.608. The third-order valence-electron chi connectivity index (χ3n) is 4.04. The van der Waals surface area contributed by atoms with E-state index < -0.39 is 17.1 Å². The van der Waals surface area contributed by atoms with Gasteiger partial charge in [0.05, 0.1) is 30.2 Å². The number of carbonyl (C=O) groups is 3. The zero-order chi connectivity index (χ0) is 21.7. The van der Waals surface area contributed by atoms with Crippen LogP contribution in [-0.4, -0.2) is 40.5 Å². The fourth-order valence-electron chi connectivity index (χ4n) is 2.69. The van der Waals surface area contributed by atoms with Crippen molar-refractivity contribution in [2.45, 2.75) is 13.3 Å². The third kappa shape index (κ3) is 4.93. The van der Waals surface area contributed by atoms with Crippen molar-refractivity contribution in [1.82, 2.24) is 0 Å². The van der Waals surface area contributed by atoms with E-state index in [1.807, 2.05) is 0 Å². The molecule has 0 aromatic heterocycles. The van der Waals surface area contributed by atoms with Crippen LogP contribution in [0.25, 0.3) is 6.08 Å². The molecular formula is C21H19NO7S. The molecule has 1 aliphatic heterocycles. The summed E-state index contributed by atoms with van der Waals surface area (Å²) in [4.78, 5) is 37.0. The van der Waals surface area contributed by atoms with Crippen LogP contribution in [0.4, 0.5) is 10.5 Å². The molecule has 1 saturated heterocycles. The number of ether oxygens (including phenoxy) is 2. The van der Waals surface area contributed by atoms with E-state index in [0.29, 0.717) is 29.4 Å². The van der Waals surface area contributed by atoms with Crippen LogP contribution < -0.4 is 14.4 Å². The molecule has 156 valence electrons. The summed E-state index contributed by atoms with van der Waals surface area (Å²) < 4.78 is 11.0. The van der Waals surface area contributed by atoms with Crippen molar-refractivity contribution in [3.63, 3.8) is 0 Å². The number of phenols is 1. The summed E-state index contributed by atoms with van der Waals surface area (Å²) in [5.41, 5.74) is 0.996. The largest absolute Gasteiger partial charge is 0.508 e. The van der Waals surface area contributed by atoms with Gasteiger partial charge < -0.3 is 19.7 Å². The van der Waals surface area contributed by atoms with Crippen LogP contribution in [0.1, 0.15) is 18.9 Å². The second-order valence-electron chi connectivity index (χ2n) is 6.16. The molecule has 2 aromatic carbocycles. The first-order valence-corrected chi connectivity index (χ1v) is 9.89. The number of aliphatic carboxylic acids is 1. The van der Waals surface area contributed by atoms with Crippen LogP contribution in [-0.2, 0) is 9.59 Å². The number of imide groups is 1. The highest BCUT2D eigenvalue weighted by Crippen LogP contribution is 2.37. The lowest BCUT2D eigenvalue weighted by molar-refractivity contribution is -0.137. The van der Waals surface area contributed by atoms with Crippen LogP contribution in [0, 0.1) is 0 Å². The Hall–Kier alpha value is -3.46. The number of thioether (sulfide) groups is 1. The molecular weight excluding hydrogens is 410 g/mol. The molecule has 2 N–H and O–H groups in total. The Balaban J connectivity index is 1.82. The Labute approximate surface area is 176 Å². The first-order valence-electron chi connectivity index (χ1n) is 9.07. The second-order valence-corrected chi connectivity index (χ2v) is 7.16. The van der Waals surface area contributed by atoms with Gasteiger partial charge in [-0.15, -0.1) is 0 Å². The van der Waals surface area contributed by atoms with E-state index in [4.69, 9.17) is 14.6 Å². The van der Waals surface area contributed by atoms with Gasteiger partial charge in [0.25, 0.3) is 11.1 Å². The minimum Gasteiger partial charge on any atom is -0.508 e. The van der Waals surface area contributed by atoms with Crippen molar-refractivity contribution in [3.8, 4) is 17.2 Å². The van der Waals surface area contributed by atoms with E-state index in [9.17, 15) is 19.5 Å². The summed E-state index contributed by atoms with van der Waals surface area (Å²) in [6, 6.07) is 10.8. The molecule has 0 atom stereocenters. The Bertz CT molecular complexity index is 1000. The van der Waals surface area contributed by atoms with Gasteiger partial charge in [-0.1, -0.05) is 6.07 Å². The number of amides is 2. The van der Waals surface area contributed by atoms with E-state index in [-0.39, 0.29) is 23.7 Å². The molecule has 2 amide bonds. The monoisotopic (exact) mass is 429 g/mol. The molecule has 0 saturated carbocycles. The van der Waals surface area contributed by atoms with Crippen molar-refractivity contribution in [1.29, 1.82) is 0 Å². The normalized spacial score (nSPS) is 15.0. The van der Waals surface area contributed by atoms with Crippen molar-refractivity contribution in [3.05, 3.63) is 52.9 Å². The van der Waals surface area contributed by atoms with Gasteiger partial charge in [-0.3, -0.25) is 14.4 Å². The predicted octanol–water partition coefficient (Wildman–Crippen LogP) is 3.89. The van der Waals surface area contributed by atoms with Crippen LogP contribution in [0.3, 0.4) is 0 Å². The maximum absolute atomic E-state index is 12.7. The number of carbonyl (C=O) groups excluding carboxylic acids is 2. The minimum absolute atomic E-state index is 0.000271. The topological polar surface area (TPSA) is 113 Å². The predicted molar refractivity (Wildman–Crippen MR) is 112 cm³/mol. The molecule has 9 heteroatoms. The highest BCUT2D eigenvalue weighted by molar-refractivity contribution is 8.19. The molecule has 1 fully saturated rings. The molecule has 1 aliphatic rings. The van der Waals surface area contributed by atoms with Gasteiger partial charge in [0.2, 0.25) is 0 Å². The standard InChI is InChI=1S/C21H19NO7S/c1-2-28-17-11-13(3-8-16(17)29-10-9-19(24)25)12-18-20(26)22(21(27)30-18)14-4-6-15(23)7-5-14/h3-8,11-12,23H,2,9-10H2,1H3,(H,24,25)/b18-12+. The Morgan fingerprint density at radius 3 is 2.50 bits per heavy atom. The van der Waals surface area contributed by atoms with Gasteiger partial charge in [0.1, 0.15) is 5.75 Å². The highest BCUT2D eigenvalue weighted by atomic mass is 32.2. The first-order chi connectivity index (χ1) is 14.4. The first kappa shape index (κ1) is 21.3.